The molecule has 6 heteroatoms. The summed E-state index contributed by atoms with van der Waals surface area (Å²) in [4.78, 5) is 14.7. The molecular weight excluding hydrogens is 269 g/mol. The topological polar surface area (TPSA) is 55.5 Å². The van der Waals surface area contributed by atoms with Crippen molar-refractivity contribution in [2.75, 3.05) is 0 Å². The van der Waals surface area contributed by atoms with Crippen LogP contribution in [0.15, 0.2) is 28.9 Å². The van der Waals surface area contributed by atoms with Gasteiger partial charge in [0.25, 0.3) is 0 Å². The Hall–Kier alpha value is -2.11. The van der Waals surface area contributed by atoms with Crippen molar-refractivity contribution < 1.29 is 18.0 Å². The van der Waals surface area contributed by atoms with E-state index >= 15 is 0 Å². The molecule has 1 rings (SSSR count). The van der Waals surface area contributed by atoms with Gasteiger partial charge in [-0.3, -0.25) is 9.79 Å². The zero-order valence-corrected chi connectivity index (χ0v) is 11.6. The van der Waals surface area contributed by atoms with Gasteiger partial charge in [-0.25, -0.2) is 13.2 Å². The van der Waals surface area contributed by atoms with E-state index in [-0.39, 0.29) is 23.5 Å². The first-order valence-corrected chi connectivity index (χ1v) is 6.01. The van der Waals surface area contributed by atoms with Crippen molar-refractivity contribution in [3.63, 3.8) is 0 Å². The van der Waals surface area contributed by atoms with Crippen LogP contribution >= 0.6 is 0 Å². The van der Waals surface area contributed by atoms with Crippen LogP contribution in [0.3, 0.4) is 0 Å². The molecule has 0 spiro atoms. The van der Waals surface area contributed by atoms with E-state index in [1.165, 1.54) is 6.92 Å². The molecule has 0 unspecified atom stereocenters. The number of halogens is 3. The number of benzene rings is 1. The maximum absolute atomic E-state index is 13.2. The van der Waals surface area contributed by atoms with Crippen molar-refractivity contribution in [2.24, 2.45) is 10.7 Å². The number of carbonyl (C=O) groups is 1. The summed E-state index contributed by atoms with van der Waals surface area (Å²) in [7, 11) is 0. The van der Waals surface area contributed by atoms with E-state index in [1.54, 1.807) is 0 Å². The Labute approximate surface area is 116 Å². The fourth-order valence-electron chi connectivity index (χ4n) is 1.18. The highest BCUT2D eigenvalue weighted by Crippen LogP contribution is 2.14. The third kappa shape index (κ3) is 5.26. The molecule has 2 N–H and O–H groups in total. The van der Waals surface area contributed by atoms with Gasteiger partial charge in [-0.15, -0.1) is 0 Å². The van der Waals surface area contributed by atoms with Crippen molar-refractivity contribution in [3.05, 3.63) is 46.9 Å². The molecule has 0 bridgehead atoms. The highest BCUT2D eigenvalue weighted by atomic mass is 19.2. The van der Waals surface area contributed by atoms with Crippen LogP contribution < -0.4 is 5.73 Å². The fourth-order valence-corrected chi connectivity index (χ4v) is 1.18. The van der Waals surface area contributed by atoms with Crippen LogP contribution in [0, 0.1) is 17.5 Å². The van der Waals surface area contributed by atoms with Crippen LogP contribution in [-0.2, 0) is 11.3 Å². The molecule has 0 aliphatic carbocycles. The summed E-state index contributed by atoms with van der Waals surface area (Å²) in [5, 5.41) is 0. The molecule has 0 fully saturated rings. The molecule has 0 atom stereocenters. The smallest absolute Gasteiger partial charge is 0.162 e. The maximum Gasteiger partial charge on any atom is 0.162 e. The number of ketones is 1. The second-order valence-electron chi connectivity index (χ2n) is 3.51. The summed E-state index contributed by atoms with van der Waals surface area (Å²) in [5.41, 5.74) is 5.21. The highest BCUT2D eigenvalue weighted by molar-refractivity contribution is 6.11. The third-order valence-electron chi connectivity index (χ3n) is 2.17. The average molecular weight is 286 g/mol. The van der Waals surface area contributed by atoms with E-state index < -0.39 is 17.5 Å². The van der Waals surface area contributed by atoms with Crippen molar-refractivity contribution >= 4 is 12.0 Å². The predicted molar refractivity (Wildman–Crippen MR) is 72.8 cm³/mol. The molecule has 0 amide bonds. The molecule has 0 aromatic heterocycles. The van der Waals surface area contributed by atoms with Crippen LogP contribution in [0.2, 0.25) is 0 Å². The van der Waals surface area contributed by atoms with Gasteiger partial charge in [-0.1, -0.05) is 13.8 Å². The summed E-state index contributed by atoms with van der Waals surface area (Å²) >= 11 is 0. The lowest BCUT2D eigenvalue weighted by Gasteiger charge is -2.01. The number of nitrogens with two attached hydrogens (primary N) is 1. The third-order valence-corrected chi connectivity index (χ3v) is 2.17. The molecular formula is C14H17F3N2O. The van der Waals surface area contributed by atoms with E-state index in [0.717, 1.165) is 18.5 Å². The van der Waals surface area contributed by atoms with Crippen LogP contribution in [0.25, 0.3) is 0 Å². The molecule has 0 saturated heterocycles. The molecule has 0 aliphatic rings. The van der Waals surface area contributed by atoms with Crippen molar-refractivity contribution in [3.8, 4) is 0 Å². The van der Waals surface area contributed by atoms with Crippen molar-refractivity contribution in [1.29, 1.82) is 0 Å². The second-order valence-corrected chi connectivity index (χ2v) is 3.51. The lowest BCUT2D eigenvalue weighted by molar-refractivity contribution is -0.113. The Morgan fingerprint density at radius 3 is 2.25 bits per heavy atom. The normalized spacial score (nSPS) is 11.2. The van der Waals surface area contributed by atoms with Gasteiger partial charge >= 0.3 is 0 Å². The summed E-state index contributed by atoms with van der Waals surface area (Å²) < 4.78 is 38.7. The second kappa shape index (κ2) is 8.90. The van der Waals surface area contributed by atoms with Crippen LogP contribution in [0.5, 0.6) is 0 Å². The minimum absolute atomic E-state index is 0.106. The number of allylic oxidation sites excluding steroid dienone is 1. The lowest BCUT2D eigenvalue weighted by Crippen LogP contribution is -2.02. The number of carbonyl (C=O) groups excluding carboxylic acids is 1. The first kappa shape index (κ1) is 17.9. The van der Waals surface area contributed by atoms with Gasteiger partial charge < -0.3 is 5.73 Å². The van der Waals surface area contributed by atoms with Crippen LogP contribution in [-0.4, -0.2) is 12.0 Å². The fraction of sp³-hybridized carbons (Fsp3) is 0.286. The summed E-state index contributed by atoms with van der Waals surface area (Å²) in [5.74, 6) is -3.60. The van der Waals surface area contributed by atoms with E-state index in [2.05, 4.69) is 4.99 Å². The molecule has 0 aliphatic heterocycles. The molecule has 110 valence electrons. The number of rotatable bonds is 4. The van der Waals surface area contributed by atoms with E-state index in [0.29, 0.717) is 6.07 Å². The minimum Gasteiger partial charge on any atom is -0.404 e. The zero-order valence-electron chi connectivity index (χ0n) is 11.6. The Balaban J connectivity index is 0.00000172. The number of hydrogen-bond acceptors (Lipinski definition) is 3. The maximum atomic E-state index is 13.2. The first-order valence-electron chi connectivity index (χ1n) is 6.01. The van der Waals surface area contributed by atoms with E-state index in [9.17, 15) is 18.0 Å². The Kier molecular flexibility index (Phi) is 7.96. The largest absolute Gasteiger partial charge is 0.404 e. The Bertz CT molecular complexity index is 525. The average Bonchev–Trinajstić information content (AvgIpc) is 2.42. The van der Waals surface area contributed by atoms with Gasteiger partial charge in [0, 0.05) is 24.0 Å². The Morgan fingerprint density at radius 1 is 1.20 bits per heavy atom. The summed E-state index contributed by atoms with van der Waals surface area (Å²) in [6.07, 6.45) is 2.22. The van der Waals surface area contributed by atoms with Crippen molar-refractivity contribution in [1.82, 2.24) is 0 Å². The number of Topliss-reactive ketones (excluding diaryl/α,β-unsaturated/α-hetero) is 1. The summed E-state index contributed by atoms with van der Waals surface area (Å²) in [6, 6.07) is 1.17. The standard InChI is InChI=1S/C12H11F3N2O.C2H6/c1-7(18)9(4-16)6-17-5-8-2-11(14)12(15)3-10(8)13;1-2/h2-4,6H,5,16H2,1H3;1-2H3/b9-4+,17-6?;. The number of hydrogen-bond donors (Lipinski definition) is 1. The van der Waals surface area contributed by atoms with Gasteiger partial charge in [0.05, 0.1) is 12.1 Å². The van der Waals surface area contributed by atoms with Crippen LogP contribution in [0.1, 0.15) is 26.3 Å². The van der Waals surface area contributed by atoms with E-state index in [1.807, 2.05) is 13.8 Å². The molecule has 1 aromatic rings. The molecule has 20 heavy (non-hydrogen) atoms. The van der Waals surface area contributed by atoms with Gasteiger partial charge in [-0.2, -0.15) is 0 Å². The molecule has 1 aromatic carbocycles. The minimum atomic E-state index is -1.26. The Morgan fingerprint density at radius 2 is 1.75 bits per heavy atom. The first-order chi connectivity index (χ1) is 9.45. The van der Waals surface area contributed by atoms with Gasteiger partial charge in [0.2, 0.25) is 0 Å². The monoisotopic (exact) mass is 286 g/mol. The van der Waals surface area contributed by atoms with Crippen LogP contribution in [0.4, 0.5) is 13.2 Å². The summed E-state index contributed by atoms with van der Waals surface area (Å²) in [6.45, 7) is 5.08. The molecule has 0 saturated carbocycles. The number of aliphatic imine (C=N–C) groups is 1. The predicted octanol–water partition coefficient (Wildman–Crippen LogP) is 3.13. The number of nitrogens with zero attached hydrogens (tertiary/aromatic N) is 1. The molecule has 0 heterocycles. The highest BCUT2D eigenvalue weighted by Gasteiger charge is 2.09. The van der Waals surface area contributed by atoms with Gasteiger partial charge in [0.1, 0.15) is 5.82 Å². The quantitative estimate of drug-likeness (QED) is 0.525. The van der Waals surface area contributed by atoms with Gasteiger partial charge in [0.15, 0.2) is 17.4 Å². The SMILES string of the molecule is CC.CC(=O)/C(C=NCc1cc(F)c(F)cc1F)=C/N. The van der Waals surface area contributed by atoms with Crippen molar-refractivity contribution in [2.45, 2.75) is 27.3 Å². The molecule has 3 nitrogen and oxygen atoms in total. The lowest BCUT2D eigenvalue weighted by atomic mass is 10.2. The molecule has 0 radical (unpaired) electrons. The zero-order chi connectivity index (χ0) is 15.7. The van der Waals surface area contributed by atoms with Gasteiger partial charge in [-0.05, 0) is 13.0 Å². The van der Waals surface area contributed by atoms with E-state index in [4.69, 9.17) is 5.73 Å².